The molecular weight excluding hydrogens is 326 g/mol. The van der Waals surface area contributed by atoms with E-state index in [1.807, 2.05) is 19.1 Å². The molecule has 0 spiro atoms. The first-order valence-electron chi connectivity index (χ1n) is 7.99. The van der Waals surface area contributed by atoms with Gasteiger partial charge in [0.1, 0.15) is 5.82 Å². The molecule has 126 valence electrons. The molecule has 0 saturated carbocycles. The molecule has 1 atom stereocenters. The number of benzene rings is 1. The number of nitrogens with one attached hydrogen (secondary N) is 2. The van der Waals surface area contributed by atoms with Crippen molar-refractivity contribution in [3.05, 3.63) is 42.1 Å². The van der Waals surface area contributed by atoms with Crippen molar-refractivity contribution in [3.8, 4) is 0 Å². The number of hydrogen-bond donors (Lipinski definition) is 2. The molecule has 1 aliphatic heterocycles. The van der Waals surface area contributed by atoms with Crippen LogP contribution in [0, 0.1) is 6.92 Å². The topological polar surface area (TPSA) is 94.7 Å². The molecule has 0 aliphatic carbocycles. The molecule has 0 bridgehead atoms. The lowest BCUT2D eigenvalue weighted by Gasteiger charge is -2.30. The zero-order valence-electron chi connectivity index (χ0n) is 13.4. The molecule has 1 aliphatic rings. The fraction of sp³-hybridized carbons (Fsp3) is 0.375. The summed E-state index contributed by atoms with van der Waals surface area (Å²) in [4.78, 5) is 14.5. The van der Waals surface area contributed by atoms with Crippen molar-refractivity contribution in [1.82, 2.24) is 24.2 Å². The monoisotopic (exact) mass is 345 g/mol. The molecule has 1 saturated heterocycles. The van der Waals surface area contributed by atoms with Gasteiger partial charge in [0.15, 0.2) is 5.03 Å². The minimum Gasteiger partial charge on any atom is -0.342 e. The number of nitrogens with zero attached hydrogens (tertiary/aromatic N) is 3. The van der Waals surface area contributed by atoms with E-state index < -0.39 is 10.0 Å². The number of aromatic nitrogens is 4. The van der Waals surface area contributed by atoms with E-state index in [1.165, 1.54) is 22.4 Å². The molecule has 0 radical (unpaired) electrons. The molecule has 0 amide bonds. The maximum absolute atomic E-state index is 12.7. The number of aryl methyl sites for hydroxylation is 1. The van der Waals surface area contributed by atoms with Crippen LogP contribution < -0.4 is 0 Å². The van der Waals surface area contributed by atoms with Crippen LogP contribution in [0.2, 0.25) is 0 Å². The van der Waals surface area contributed by atoms with Crippen LogP contribution in [-0.4, -0.2) is 45.7 Å². The zero-order valence-corrected chi connectivity index (χ0v) is 14.2. The fourth-order valence-corrected chi connectivity index (χ4v) is 4.66. The van der Waals surface area contributed by atoms with Crippen LogP contribution in [-0.2, 0) is 10.0 Å². The summed E-state index contributed by atoms with van der Waals surface area (Å²) in [5.74, 6) is 0.935. The normalized spacial score (nSPS) is 19.8. The maximum Gasteiger partial charge on any atom is 0.260 e. The van der Waals surface area contributed by atoms with Crippen molar-refractivity contribution in [3.63, 3.8) is 0 Å². The number of H-pyrrole nitrogens is 2. The number of sulfonamides is 1. The highest BCUT2D eigenvalue weighted by Crippen LogP contribution is 2.29. The molecule has 2 aromatic heterocycles. The Labute approximate surface area is 140 Å². The number of imidazole rings is 2. The SMILES string of the molecule is Cc1ccc2nc([C@H]3CCCN(S(=O)(=O)c4cnc[nH]4)C3)[nH]c2c1. The Bertz CT molecular complexity index is 962. The summed E-state index contributed by atoms with van der Waals surface area (Å²) < 4.78 is 26.9. The van der Waals surface area contributed by atoms with Gasteiger partial charge in [0.2, 0.25) is 0 Å². The van der Waals surface area contributed by atoms with Gasteiger partial charge in [-0.05, 0) is 37.5 Å². The Morgan fingerprint density at radius 2 is 2.21 bits per heavy atom. The van der Waals surface area contributed by atoms with Crippen molar-refractivity contribution in [2.24, 2.45) is 0 Å². The minimum absolute atomic E-state index is 0.0733. The lowest BCUT2D eigenvalue weighted by molar-refractivity contribution is 0.309. The smallest absolute Gasteiger partial charge is 0.260 e. The van der Waals surface area contributed by atoms with E-state index in [0.29, 0.717) is 13.1 Å². The van der Waals surface area contributed by atoms with E-state index in [-0.39, 0.29) is 10.9 Å². The summed E-state index contributed by atoms with van der Waals surface area (Å²) in [6.45, 7) is 3.00. The summed E-state index contributed by atoms with van der Waals surface area (Å²) in [7, 11) is -3.52. The molecule has 2 N–H and O–H groups in total. The maximum atomic E-state index is 12.7. The third-order valence-electron chi connectivity index (χ3n) is 4.52. The third-order valence-corrected chi connectivity index (χ3v) is 6.31. The van der Waals surface area contributed by atoms with Crippen LogP contribution in [0.25, 0.3) is 11.0 Å². The number of hydrogen-bond acceptors (Lipinski definition) is 4. The molecule has 1 fully saturated rings. The summed E-state index contributed by atoms with van der Waals surface area (Å²) in [5, 5.41) is 0.142. The van der Waals surface area contributed by atoms with Crippen molar-refractivity contribution >= 4 is 21.1 Å². The standard InChI is InChI=1S/C16H19N5O2S/c1-11-4-5-13-14(7-11)20-16(19-13)12-3-2-6-21(9-12)24(22,23)15-8-17-10-18-15/h4-5,7-8,10,12H,2-3,6,9H2,1H3,(H,17,18)(H,19,20)/t12-/m0/s1. The van der Waals surface area contributed by atoms with E-state index in [0.717, 1.165) is 29.7 Å². The van der Waals surface area contributed by atoms with Crippen LogP contribution in [0.4, 0.5) is 0 Å². The highest BCUT2D eigenvalue weighted by Gasteiger charge is 2.32. The third kappa shape index (κ3) is 2.61. The Morgan fingerprint density at radius 3 is 3.00 bits per heavy atom. The van der Waals surface area contributed by atoms with E-state index >= 15 is 0 Å². The number of fused-ring (bicyclic) bond motifs is 1. The summed E-state index contributed by atoms with van der Waals surface area (Å²) in [5.41, 5.74) is 3.09. The van der Waals surface area contributed by atoms with Crippen molar-refractivity contribution in [2.45, 2.75) is 30.7 Å². The minimum atomic E-state index is -3.52. The average Bonchev–Trinajstić information content (AvgIpc) is 3.24. The predicted molar refractivity (Wildman–Crippen MR) is 90.2 cm³/mol. The van der Waals surface area contributed by atoms with Gasteiger partial charge < -0.3 is 9.97 Å². The average molecular weight is 345 g/mol. The van der Waals surface area contributed by atoms with Gasteiger partial charge in [0.05, 0.1) is 23.6 Å². The van der Waals surface area contributed by atoms with Crippen molar-refractivity contribution in [1.29, 1.82) is 0 Å². The molecule has 0 unspecified atom stereocenters. The van der Waals surface area contributed by atoms with E-state index in [1.54, 1.807) is 0 Å². The Morgan fingerprint density at radius 1 is 1.33 bits per heavy atom. The number of rotatable bonds is 3. The highest BCUT2D eigenvalue weighted by molar-refractivity contribution is 7.89. The van der Waals surface area contributed by atoms with Gasteiger partial charge in [-0.2, -0.15) is 4.31 Å². The first-order valence-corrected chi connectivity index (χ1v) is 9.43. The molecule has 3 aromatic rings. The van der Waals surface area contributed by atoms with Gasteiger partial charge in [-0.15, -0.1) is 0 Å². The molecule has 8 heteroatoms. The van der Waals surface area contributed by atoms with Crippen molar-refractivity contribution < 1.29 is 8.42 Å². The zero-order chi connectivity index (χ0) is 16.7. The van der Waals surface area contributed by atoms with Gasteiger partial charge in [-0.3, -0.25) is 0 Å². The molecular formula is C16H19N5O2S. The molecule has 1 aromatic carbocycles. The molecule has 24 heavy (non-hydrogen) atoms. The van der Waals surface area contributed by atoms with Gasteiger partial charge >= 0.3 is 0 Å². The summed E-state index contributed by atoms with van der Waals surface area (Å²) >= 11 is 0. The second kappa shape index (κ2) is 5.71. The molecule has 7 nitrogen and oxygen atoms in total. The van der Waals surface area contributed by atoms with Crippen LogP contribution in [0.15, 0.2) is 35.7 Å². The second-order valence-electron chi connectivity index (χ2n) is 6.26. The lowest BCUT2D eigenvalue weighted by atomic mass is 9.99. The summed E-state index contributed by atoms with van der Waals surface area (Å²) in [6, 6.07) is 6.09. The van der Waals surface area contributed by atoms with Crippen LogP contribution in [0.5, 0.6) is 0 Å². The second-order valence-corrected chi connectivity index (χ2v) is 8.17. The quantitative estimate of drug-likeness (QED) is 0.760. The fourth-order valence-electron chi connectivity index (χ4n) is 3.24. The van der Waals surface area contributed by atoms with Crippen molar-refractivity contribution in [2.75, 3.05) is 13.1 Å². The van der Waals surface area contributed by atoms with E-state index in [9.17, 15) is 8.42 Å². The van der Waals surface area contributed by atoms with Crippen LogP contribution >= 0.6 is 0 Å². The van der Waals surface area contributed by atoms with Crippen LogP contribution in [0.1, 0.15) is 30.1 Å². The highest BCUT2D eigenvalue weighted by atomic mass is 32.2. The number of piperidine rings is 1. The molecule has 4 rings (SSSR count). The van der Waals surface area contributed by atoms with Gasteiger partial charge in [0.25, 0.3) is 10.0 Å². The predicted octanol–water partition coefficient (Wildman–Crippen LogP) is 2.16. The number of aromatic amines is 2. The van der Waals surface area contributed by atoms with Gasteiger partial charge in [-0.1, -0.05) is 6.07 Å². The first kappa shape index (κ1) is 15.3. The molecule has 3 heterocycles. The van der Waals surface area contributed by atoms with Crippen LogP contribution in [0.3, 0.4) is 0 Å². The van der Waals surface area contributed by atoms with Gasteiger partial charge in [-0.25, -0.2) is 18.4 Å². The first-order chi connectivity index (χ1) is 11.5. The Kier molecular flexibility index (Phi) is 3.65. The van der Waals surface area contributed by atoms with Gasteiger partial charge in [0, 0.05) is 19.0 Å². The van der Waals surface area contributed by atoms with E-state index in [4.69, 9.17) is 0 Å². The lowest BCUT2D eigenvalue weighted by Crippen LogP contribution is -2.39. The summed E-state index contributed by atoms with van der Waals surface area (Å²) in [6.07, 6.45) is 4.47. The van der Waals surface area contributed by atoms with E-state index in [2.05, 4.69) is 26.0 Å². The Hall–Kier alpha value is -2.19. The Balaban J connectivity index is 1.62. The largest absolute Gasteiger partial charge is 0.342 e.